The van der Waals surface area contributed by atoms with Gasteiger partial charge in [-0.25, -0.2) is 4.79 Å². The fraction of sp³-hybridized carbons (Fsp3) is 0.727. The lowest BCUT2D eigenvalue weighted by Gasteiger charge is -2.21. The van der Waals surface area contributed by atoms with E-state index in [1.165, 1.54) is 32.1 Å². The molecule has 0 amide bonds. The number of hydrogen-bond acceptors (Lipinski definition) is 2. The first-order valence-corrected chi connectivity index (χ1v) is 5.32. The van der Waals surface area contributed by atoms with E-state index in [1.807, 2.05) is 0 Å². The third-order valence-corrected chi connectivity index (χ3v) is 2.80. The van der Waals surface area contributed by atoms with Crippen LogP contribution in [0.2, 0.25) is 0 Å². The maximum atomic E-state index is 10.4. The first kappa shape index (κ1) is 11.2. The molecule has 0 aromatic rings. The molecule has 80 valence electrons. The standard InChI is InChI=1S/C11H19NO2/c1-9(11(13)14)7-12-8-10-5-3-2-4-6-10/h10,12H,1-8H2,(H,13,14). The predicted octanol–water partition coefficient (Wildman–Crippen LogP) is 1.80. The molecule has 0 aromatic carbocycles. The molecule has 0 bridgehead atoms. The summed E-state index contributed by atoms with van der Waals surface area (Å²) in [5.41, 5.74) is 0.251. The molecule has 2 N–H and O–H groups in total. The lowest BCUT2D eigenvalue weighted by molar-refractivity contribution is -0.132. The molecule has 0 unspecified atom stereocenters. The zero-order chi connectivity index (χ0) is 10.4. The quantitative estimate of drug-likeness (QED) is 0.661. The first-order chi connectivity index (χ1) is 6.70. The zero-order valence-corrected chi connectivity index (χ0v) is 8.59. The molecule has 1 aliphatic rings. The van der Waals surface area contributed by atoms with Crippen molar-refractivity contribution in [2.75, 3.05) is 13.1 Å². The molecule has 0 atom stereocenters. The van der Waals surface area contributed by atoms with E-state index in [2.05, 4.69) is 11.9 Å². The Bertz CT molecular complexity index is 207. The summed E-state index contributed by atoms with van der Waals surface area (Å²) in [6.07, 6.45) is 6.58. The van der Waals surface area contributed by atoms with Crippen molar-refractivity contribution in [3.8, 4) is 0 Å². The zero-order valence-electron chi connectivity index (χ0n) is 8.59. The summed E-state index contributed by atoms with van der Waals surface area (Å²) >= 11 is 0. The van der Waals surface area contributed by atoms with Crippen LogP contribution in [0.1, 0.15) is 32.1 Å². The predicted molar refractivity (Wildman–Crippen MR) is 56.2 cm³/mol. The Labute approximate surface area is 85.2 Å². The highest BCUT2D eigenvalue weighted by Crippen LogP contribution is 2.22. The number of carboxylic acids is 1. The molecule has 0 aliphatic heterocycles. The number of rotatable bonds is 5. The highest BCUT2D eigenvalue weighted by atomic mass is 16.4. The minimum absolute atomic E-state index is 0.251. The molecule has 0 heterocycles. The van der Waals surface area contributed by atoms with Crippen LogP contribution in [0.25, 0.3) is 0 Å². The van der Waals surface area contributed by atoms with E-state index in [9.17, 15) is 4.79 Å². The van der Waals surface area contributed by atoms with Crippen molar-refractivity contribution >= 4 is 5.97 Å². The van der Waals surface area contributed by atoms with Gasteiger partial charge < -0.3 is 10.4 Å². The van der Waals surface area contributed by atoms with Gasteiger partial charge in [0.05, 0.1) is 0 Å². The normalized spacial score (nSPS) is 18.0. The molecule has 0 saturated heterocycles. The lowest BCUT2D eigenvalue weighted by atomic mass is 9.89. The molecule has 0 radical (unpaired) electrons. The molecule has 0 aromatic heterocycles. The van der Waals surface area contributed by atoms with Crippen molar-refractivity contribution in [3.63, 3.8) is 0 Å². The molecule has 1 rings (SSSR count). The minimum atomic E-state index is -0.902. The van der Waals surface area contributed by atoms with Crippen LogP contribution in [0.3, 0.4) is 0 Å². The minimum Gasteiger partial charge on any atom is -0.478 e. The summed E-state index contributed by atoms with van der Waals surface area (Å²) in [7, 11) is 0. The Morgan fingerprint density at radius 1 is 1.36 bits per heavy atom. The van der Waals surface area contributed by atoms with Gasteiger partial charge in [0.25, 0.3) is 0 Å². The van der Waals surface area contributed by atoms with Crippen LogP contribution in [0.15, 0.2) is 12.2 Å². The van der Waals surface area contributed by atoms with Crippen molar-refractivity contribution in [1.29, 1.82) is 0 Å². The summed E-state index contributed by atoms with van der Waals surface area (Å²) in [6.45, 7) is 4.82. The Kier molecular flexibility index (Phi) is 4.66. The fourth-order valence-corrected chi connectivity index (χ4v) is 1.89. The van der Waals surface area contributed by atoms with Crippen molar-refractivity contribution in [2.45, 2.75) is 32.1 Å². The highest BCUT2D eigenvalue weighted by Gasteiger charge is 2.13. The van der Waals surface area contributed by atoms with Crippen LogP contribution in [0, 0.1) is 5.92 Å². The maximum absolute atomic E-state index is 10.4. The largest absolute Gasteiger partial charge is 0.478 e. The van der Waals surface area contributed by atoms with Gasteiger partial charge in [-0.1, -0.05) is 25.8 Å². The first-order valence-electron chi connectivity index (χ1n) is 5.32. The third kappa shape index (κ3) is 3.92. The van der Waals surface area contributed by atoms with Gasteiger partial charge in [0, 0.05) is 12.1 Å². The number of hydrogen-bond donors (Lipinski definition) is 2. The molecule has 0 spiro atoms. The van der Waals surface area contributed by atoms with Crippen LogP contribution in [0.5, 0.6) is 0 Å². The Hall–Kier alpha value is -0.830. The van der Waals surface area contributed by atoms with E-state index >= 15 is 0 Å². The fourth-order valence-electron chi connectivity index (χ4n) is 1.89. The molecular formula is C11H19NO2. The number of carbonyl (C=O) groups is 1. The second-order valence-corrected chi connectivity index (χ2v) is 4.04. The number of nitrogens with one attached hydrogen (secondary N) is 1. The number of carboxylic acid groups (broad SMARTS) is 1. The van der Waals surface area contributed by atoms with Gasteiger partial charge in [0.1, 0.15) is 0 Å². The van der Waals surface area contributed by atoms with Gasteiger partial charge >= 0.3 is 5.97 Å². The summed E-state index contributed by atoms with van der Waals surface area (Å²) < 4.78 is 0. The smallest absolute Gasteiger partial charge is 0.332 e. The monoisotopic (exact) mass is 197 g/mol. The average molecular weight is 197 g/mol. The van der Waals surface area contributed by atoms with Gasteiger partial charge in [-0.15, -0.1) is 0 Å². The van der Waals surface area contributed by atoms with E-state index in [0.717, 1.165) is 12.5 Å². The van der Waals surface area contributed by atoms with Crippen molar-refractivity contribution in [3.05, 3.63) is 12.2 Å². The highest BCUT2D eigenvalue weighted by molar-refractivity contribution is 5.86. The van der Waals surface area contributed by atoms with Crippen molar-refractivity contribution in [2.24, 2.45) is 5.92 Å². The lowest BCUT2D eigenvalue weighted by Crippen LogP contribution is -2.27. The Balaban J connectivity index is 2.08. The van der Waals surface area contributed by atoms with E-state index in [1.54, 1.807) is 0 Å². The van der Waals surface area contributed by atoms with E-state index < -0.39 is 5.97 Å². The van der Waals surface area contributed by atoms with Gasteiger partial charge in [0.15, 0.2) is 0 Å². The van der Waals surface area contributed by atoms with E-state index in [0.29, 0.717) is 6.54 Å². The topological polar surface area (TPSA) is 49.3 Å². The Morgan fingerprint density at radius 3 is 2.57 bits per heavy atom. The van der Waals surface area contributed by atoms with Gasteiger partial charge in [0.2, 0.25) is 0 Å². The average Bonchev–Trinajstić information content (AvgIpc) is 2.19. The Morgan fingerprint density at radius 2 is 2.00 bits per heavy atom. The maximum Gasteiger partial charge on any atom is 0.332 e. The second-order valence-electron chi connectivity index (χ2n) is 4.04. The third-order valence-electron chi connectivity index (χ3n) is 2.80. The van der Waals surface area contributed by atoms with Gasteiger partial charge in [-0.3, -0.25) is 0 Å². The number of aliphatic carboxylic acids is 1. The van der Waals surface area contributed by atoms with Gasteiger partial charge in [-0.05, 0) is 25.3 Å². The SMILES string of the molecule is C=C(CNCC1CCCCC1)C(=O)O. The van der Waals surface area contributed by atoms with Crippen molar-refractivity contribution in [1.82, 2.24) is 5.32 Å². The van der Waals surface area contributed by atoms with Crippen LogP contribution in [-0.4, -0.2) is 24.2 Å². The molecule has 3 heteroatoms. The van der Waals surface area contributed by atoms with Crippen LogP contribution < -0.4 is 5.32 Å². The molecular weight excluding hydrogens is 178 g/mol. The van der Waals surface area contributed by atoms with Crippen molar-refractivity contribution < 1.29 is 9.90 Å². The molecule has 1 aliphatic carbocycles. The van der Waals surface area contributed by atoms with Gasteiger partial charge in [-0.2, -0.15) is 0 Å². The second kappa shape index (κ2) is 5.81. The summed E-state index contributed by atoms with van der Waals surface area (Å²) in [5.74, 6) is -0.161. The van der Waals surface area contributed by atoms with Crippen LogP contribution >= 0.6 is 0 Å². The molecule has 1 saturated carbocycles. The van der Waals surface area contributed by atoms with E-state index in [4.69, 9.17) is 5.11 Å². The van der Waals surface area contributed by atoms with Crippen LogP contribution in [-0.2, 0) is 4.79 Å². The van der Waals surface area contributed by atoms with E-state index in [-0.39, 0.29) is 5.57 Å². The van der Waals surface area contributed by atoms with Crippen LogP contribution in [0.4, 0.5) is 0 Å². The molecule has 1 fully saturated rings. The summed E-state index contributed by atoms with van der Waals surface area (Å²) in [4.78, 5) is 10.4. The molecule has 3 nitrogen and oxygen atoms in total. The summed E-state index contributed by atoms with van der Waals surface area (Å²) in [5, 5.41) is 11.7. The molecule has 14 heavy (non-hydrogen) atoms. The summed E-state index contributed by atoms with van der Waals surface area (Å²) in [6, 6.07) is 0.